The molecule has 1 amide bonds. The molecular weight excluding hydrogens is 340 g/mol. The molecule has 0 bridgehead atoms. The summed E-state index contributed by atoms with van der Waals surface area (Å²) in [4.78, 5) is 23.7. The smallest absolute Gasteiger partial charge is 0.407 e. The van der Waals surface area contributed by atoms with Crippen LogP contribution in [0.15, 0.2) is 18.5 Å². The van der Waals surface area contributed by atoms with Crippen molar-refractivity contribution in [2.45, 2.75) is 13.5 Å². The summed E-state index contributed by atoms with van der Waals surface area (Å²) in [6.45, 7) is 5.24. The molecule has 2 aromatic heterocycles. The Morgan fingerprint density at radius 2 is 2.16 bits per heavy atom. The van der Waals surface area contributed by atoms with Crippen molar-refractivity contribution in [3.8, 4) is 6.07 Å². The summed E-state index contributed by atoms with van der Waals surface area (Å²) < 4.78 is 0. The Morgan fingerprint density at radius 1 is 1.40 bits per heavy atom. The molecule has 8 nitrogen and oxygen atoms in total. The summed E-state index contributed by atoms with van der Waals surface area (Å²) >= 11 is 1.29. The first kappa shape index (κ1) is 17.1. The van der Waals surface area contributed by atoms with Crippen LogP contribution >= 0.6 is 11.3 Å². The lowest BCUT2D eigenvalue weighted by molar-refractivity contribution is 0.103. The normalized spacial score (nSPS) is 15.0. The van der Waals surface area contributed by atoms with Gasteiger partial charge in [0.1, 0.15) is 16.8 Å². The van der Waals surface area contributed by atoms with E-state index >= 15 is 0 Å². The van der Waals surface area contributed by atoms with Gasteiger partial charge in [-0.1, -0.05) is 11.3 Å². The van der Waals surface area contributed by atoms with Crippen molar-refractivity contribution in [2.75, 3.05) is 31.5 Å². The molecule has 0 aliphatic carbocycles. The lowest BCUT2D eigenvalue weighted by Gasteiger charge is -2.33. The van der Waals surface area contributed by atoms with Crippen molar-refractivity contribution in [1.29, 1.82) is 5.26 Å². The van der Waals surface area contributed by atoms with Gasteiger partial charge in [-0.25, -0.2) is 14.8 Å². The van der Waals surface area contributed by atoms with E-state index < -0.39 is 6.09 Å². The molecule has 25 heavy (non-hydrogen) atoms. The SMILES string of the molecule is Cc1c(CN2CCN(C(=O)O)CC2)ccnc1Nc1ncc(C#N)s1. The highest BCUT2D eigenvalue weighted by Gasteiger charge is 2.21. The van der Waals surface area contributed by atoms with Crippen LogP contribution in [0.3, 0.4) is 0 Å². The van der Waals surface area contributed by atoms with Gasteiger partial charge in [0.25, 0.3) is 0 Å². The first-order valence-electron chi connectivity index (χ1n) is 7.84. The quantitative estimate of drug-likeness (QED) is 0.863. The molecule has 1 aliphatic heterocycles. The topological polar surface area (TPSA) is 105 Å². The number of rotatable bonds is 4. The summed E-state index contributed by atoms with van der Waals surface area (Å²) in [5, 5.41) is 21.7. The van der Waals surface area contributed by atoms with E-state index in [1.165, 1.54) is 22.4 Å². The number of carbonyl (C=O) groups is 1. The van der Waals surface area contributed by atoms with Gasteiger partial charge in [0, 0.05) is 38.9 Å². The number of amides is 1. The average molecular weight is 358 g/mol. The molecule has 2 N–H and O–H groups in total. The zero-order valence-electron chi connectivity index (χ0n) is 13.8. The molecule has 3 rings (SSSR count). The minimum Gasteiger partial charge on any atom is -0.465 e. The minimum absolute atomic E-state index is 0.528. The highest BCUT2D eigenvalue weighted by atomic mass is 32.1. The minimum atomic E-state index is -0.855. The standard InChI is InChI=1S/C16H18N6O2S/c1-11-12(10-21-4-6-22(7-5-21)16(23)24)2-3-18-14(11)20-15-19-9-13(8-17)25-15/h2-3,9H,4-7,10H2,1H3,(H,23,24)(H,18,19,20). The molecule has 0 atom stereocenters. The molecule has 130 valence electrons. The maximum absolute atomic E-state index is 11.0. The Balaban J connectivity index is 1.67. The molecule has 0 spiro atoms. The number of nitrogens with one attached hydrogen (secondary N) is 1. The van der Waals surface area contributed by atoms with Gasteiger partial charge < -0.3 is 15.3 Å². The predicted molar refractivity (Wildman–Crippen MR) is 94.0 cm³/mol. The highest BCUT2D eigenvalue weighted by Crippen LogP contribution is 2.25. The monoisotopic (exact) mass is 358 g/mol. The molecule has 0 saturated carbocycles. The van der Waals surface area contributed by atoms with Crippen LogP contribution in [-0.2, 0) is 6.54 Å². The number of piperazine rings is 1. The summed E-state index contributed by atoms with van der Waals surface area (Å²) in [5.74, 6) is 0.723. The maximum Gasteiger partial charge on any atom is 0.407 e. The van der Waals surface area contributed by atoms with Crippen LogP contribution in [0.1, 0.15) is 16.0 Å². The fourth-order valence-corrected chi connectivity index (χ4v) is 3.31. The van der Waals surface area contributed by atoms with Crippen molar-refractivity contribution in [1.82, 2.24) is 19.8 Å². The first-order chi connectivity index (χ1) is 12.1. The fourth-order valence-electron chi connectivity index (χ4n) is 2.70. The Kier molecular flexibility index (Phi) is 5.11. The molecule has 1 saturated heterocycles. The number of carboxylic acid groups (broad SMARTS) is 1. The predicted octanol–water partition coefficient (Wildman–Crippen LogP) is 2.26. The number of hydrogen-bond acceptors (Lipinski definition) is 7. The zero-order valence-corrected chi connectivity index (χ0v) is 14.6. The molecule has 1 aliphatic rings. The molecule has 0 aromatic carbocycles. The van der Waals surface area contributed by atoms with Gasteiger partial charge in [0.05, 0.1) is 6.20 Å². The Labute approximate surface area is 149 Å². The number of anilines is 2. The number of nitriles is 1. The van der Waals surface area contributed by atoms with E-state index in [0.29, 0.717) is 23.1 Å². The average Bonchev–Trinajstić information content (AvgIpc) is 3.06. The lowest BCUT2D eigenvalue weighted by atomic mass is 10.1. The fraction of sp³-hybridized carbons (Fsp3) is 0.375. The van der Waals surface area contributed by atoms with E-state index in [1.54, 1.807) is 6.20 Å². The van der Waals surface area contributed by atoms with Crippen LogP contribution in [0.5, 0.6) is 0 Å². The molecule has 1 fully saturated rings. The third-order valence-electron chi connectivity index (χ3n) is 4.19. The third kappa shape index (κ3) is 4.04. The van der Waals surface area contributed by atoms with Gasteiger partial charge in [-0.15, -0.1) is 0 Å². The second kappa shape index (κ2) is 7.46. The zero-order chi connectivity index (χ0) is 17.8. The number of nitrogens with zero attached hydrogens (tertiary/aromatic N) is 5. The number of pyridine rings is 1. The van der Waals surface area contributed by atoms with Crippen molar-refractivity contribution >= 4 is 28.4 Å². The second-order valence-electron chi connectivity index (χ2n) is 5.76. The van der Waals surface area contributed by atoms with Crippen LogP contribution in [0.4, 0.5) is 15.7 Å². The number of aromatic nitrogens is 2. The lowest BCUT2D eigenvalue weighted by Crippen LogP contribution is -2.47. The summed E-state index contributed by atoms with van der Waals surface area (Å²) in [6, 6.07) is 4.05. The van der Waals surface area contributed by atoms with Crippen molar-refractivity contribution < 1.29 is 9.90 Å². The summed E-state index contributed by atoms with van der Waals surface area (Å²) in [5.41, 5.74) is 2.16. The van der Waals surface area contributed by atoms with Crippen LogP contribution in [0, 0.1) is 18.3 Å². The van der Waals surface area contributed by atoms with Crippen molar-refractivity contribution in [3.05, 3.63) is 34.5 Å². The summed E-state index contributed by atoms with van der Waals surface area (Å²) in [7, 11) is 0. The Bertz CT molecular complexity index is 807. The van der Waals surface area contributed by atoms with Gasteiger partial charge in [-0.3, -0.25) is 4.90 Å². The Hall–Kier alpha value is -2.70. The van der Waals surface area contributed by atoms with E-state index in [2.05, 4.69) is 26.3 Å². The molecule has 2 aromatic rings. The van der Waals surface area contributed by atoms with Crippen molar-refractivity contribution in [2.24, 2.45) is 0 Å². The van der Waals surface area contributed by atoms with Gasteiger partial charge >= 0.3 is 6.09 Å². The van der Waals surface area contributed by atoms with Crippen LogP contribution in [-0.4, -0.2) is 57.1 Å². The molecule has 3 heterocycles. The second-order valence-corrected chi connectivity index (χ2v) is 6.79. The van der Waals surface area contributed by atoms with Crippen LogP contribution in [0.2, 0.25) is 0 Å². The Morgan fingerprint density at radius 3 is 2.80 bits per heavy atom. The van der Waals surface area contributed by atoms with E-state index in [0.717, 1.165) is 36.6 Å². The van der Waals surface area contributed by atoms with Gasteiger partial charge in [-0.05, 0) is 24.1 Å². The molecular formula is C16H18N6O2S. The van der Waals surface area contributed by atoms with E-state index in [9.17, 15) is 4.79 Å². The number of hydrogen-bond donors (Lipinski definition) is 2. The van der Waals surface area contributed by atoms with Crippen molar-refractivity contribution in [3.63, 3.8) is 0 Å². The van der Waals surface area contributed by atoms with E-state index in [-0.39, 0.29) is 0 Å². The van der Waals surface area contributed by atoms with Gasteiger partial charge in [0.15, 0.2) is 5.13 Å². The largest absolute Gasteiger partial charge is 0.465 e. The van der Waals surface area contributed by atoms with E-state index in [1.807, 2.05) is 13.0 Å². The van der Waals surface area contributed by atoms with Crippen LogP contribution < -0.4 is 5.32 Å². The van der Waals surface area contributed by atoms with Gasteiger partial charge in [-0.2, -0.15) is 5.26 Å². The van der Waals surface area contributed by atoms with Crippen LogP contribution in [0.25, 0.3) is 0 Å². The molecule has 9 heteroatoms. The first-order valence-corrected chi connectivity index (χ1v) is 8.66. The third-order valence-corrected chi connectivity index (χ3v) is 5.01. The molecule has 0 unspecified atom stereocenters. The highest BCUT2D eigenvalue weighted by molar-refractivity contribution is 7.16. The van der Waals surface area contributed by atoms with Gasteiger partial charge in [0.2, 0.25) is 0 Å². The number of thiazole rings is 1. The molecule has 0 radical (unpaired) electrons. The summed E-state index contributed by atoms with van der Waals surface area (Å²) in [6.07, 6.45) is 2.43. The maximum atomic E-state index is 11.0. The van der Waals surface area contributed by atoms with E-state index in [4.69, 9.17) is 10.4 Å².